The van der Waals surface area contributed by atoms with Crippen LogP contribution in [0.1, 0.15) is 45.2 Å². The highest BCUT2D eigenvalue weighted by Gasteiger charge is 2.35. The maximum Gasteiger partial charge on any atom is 0.194 e. The summed E-state index contributed by atoms with van der Waals surface area (Å²) in [6.45, 7) is 6.59. The van der Waals surface area contributed by atoms with E-state index >= 15 is 0 Å². The molecule has 1 saturated carbocycles. The Kier molecular flexibility index (Phi) is 6.10. The van der Waals surface area contributed by atoms with Crippen LogP contribution in [0.3, 0.4) is 0 Å². The Balaban J connectivity index is 2.05. The molecule has 0 radical (unpaired) electrons. The Morgan fingerprint density at radius 1 is 1.52 bits per heavy atom. The number of aliphatic hydroxyl groups is 1. The number of aromatic nitrogens is 1. The fourth-order valence-corrected chi connectivity index (χ4v) is 3.27. The van der Waals surface area contributed by atoms with Gasteiger partial charge in [0.05, 0.1) is 19.2 Å². The molecule has 0 bridgehead atoms. The van der Waals surface area contributed by atoms with E-state index in [0.717, 1.165) is 38.3 Å². The van der Waals surface area contributed by atoms with Crippen molar-refractivity contribution in [1.82, 2.24) is 14.8 Å². The van der Waals surface area contributed by atoms with Crippen LogP contribution < -0.4 is 5.32 Å². The minimum Gasteiger partial charge on any atom is -0.392 e. The van der Waals surface area contributed by atoms with E-state index in [4.69, 9.17) is 4.99 Å². The highest BCUT2D eigenvalue weighted by Crippen LogP contribution is 2.36. The molecule has 1 fully saturated rings. The fraction of sp³-hybridized carbons (Fsp3) is 0.722. The first-order valence-electron chi connectivity index (χ1n) is 8.74. The zero-order valence-corrected chi connectivity index (χ0v) is 15.0. The molecular weight excluding hydrogens is 288 g/mol. The van der Waals surface area contributed by atoms with Crippen molar-refractivity contribution in [2.24, 2.45) is 17.5 Å². The van der Waals surface area contributed by atoms with Gasteiger partial charge in [0, 0.05) is 37.9 Å². The lowest BCUT2D eigenvalue weighted by Crippen LogP contribution is -2.42. The number of guanidine groups is 1. The summed E-state index contributed by atoms with van der Waals surface area (Å²) in [5, 5.41) is 13.7. The zero-order valence-electron chi connectivity index (χ0n) is 15.0. The molecule has 0 aliphatic heterocycles. The van der Waals surface area contributed by atoms with Crippen molar-refractivity contribution < 1.29 is 5.11 Å². The summed E-state index contributed by atoms with van der Waals surface area (Å²) in [4.78, 5) is 6.98. The van der Waals surface area contributed by atoms with E-state index in [1.54, 1.807) is 0 Å². The maximum atomic E-state index is 10.3. The van der Waals surface area contributed by atoms with Gasteiger partial charge in [-0.2, -0.15) is 0 Å². The predicted octanol–water partition coefficient (Wildman–Crippen LogP) is 2.36. The number of hydrogen-bond acceptors (Lipinski definition) is 2. The first-order chi connectivity index (χ1) is 11.0. The molecule has 0 spiro atoms. The summed E-state index contributed by atoms with van der Waals surface area (Å²) < 4.78 is 2.13. The van der Waals surface area contributed by atoms with Crippen LogP contribution >= 0.6 is 0 Å². The normalized spacial score (nSPS) is 25.4. The smallest absolute Gasteiger partial charge is 0.194 e. The van der Waals surface area contributed by atoms with Gasteiger partial charge in [-0.1, -0.05) is 19.8 Å². The van der Waals surface area contributed by atoms with Gasteiger partial charge in [0.25, 0.3) is 0 Å². The van der Waals surface area contributed by atoms with E-state index in [1.807, 2.05) is 0 Å². The first-order valence-corrected chi connectivity index (χ1v) is 8.74. The molecule has 1 aliphatic carbocycles. The fourth-order valence-electron chi connectivity index (χ4n) is 3.27. The summed E-state index contributed by atoms with van der Waals surface area (Å²) in [5.74, 6) is 0.910. The maximum absolute atomic E-state index is 10.3. The van der Waals surface area contributed by atoms with Crippen molar-refractivity contribution in [3.63, 3.8) is 0 Å². The predicted molar refractivity (Wildman–Crippen MR) is 95.4 cm³/mol. The van der Waals surface area contributed by atoms with Gasteiger partial charge in [-0.05, 0) is 31.9 Å². The van der Waals surface area contributed by atoms with E-state index < -0.39 is 0 Å². The third-order valence-electron chi connectivity index (χ3n) is 5.02. The zero-order chi connectivity index (χ0) is 16.9. The number of nitrogens with one attached hydrogen (secondary N) is 1. The van der Waals surface area contributed by atoms with Gasteiger partial charge in [0.2, 0.25) is 0 Å². The standard InChI is InChI=1S/C18H32N4O/c1-5-19-17(22(4)13-15-9-8-12-21(15)3)20-14-18(2)11-7-6-10-16(18)23/h8-9,12,16,23H,5-7,10-11,13-14H2,1-4H3,(H,19,20). The van der Waals surface area contributed by atoms with Gasteiger partial charge in [0.1, 0.15) is 0 Å². The second kappa shape index (κ2) is 7.86. The number of aryl methyl sites for hydroxylation is 1. The summed E-state index contributed by atoms with van der Waals surface area (Å²) in [6.07, 6.45) is 6.11. The van der Waals surface area contributed by atoms with Gasteiger partial charge >= 0.3 is 0 Å². The Morgan fingerprint density at radius 2 is 2.30 bits per heavy atom. The molecule has 2 rings (SSSR count). The monoisotopic (exact) mass is 320 g/mol. The van der Waals surface area contributed by atoms with E-state index in [0.29, 0.717) is 6.54 Å². The molecule has 1 aromatic rings. The van der Waals surface area contributed by atoms with Crippen LogP contribution in [0.4, 0.5) is 0 Å². The minimum atomic E-state index is -0.235. The molecule has 1 aliphatic rings. The largest absolute Gasteiger partial charge is 0.392 e. The Bertz CT molecular complexity index is 525. The summed E-state index contributed by atoms with van der Waals surface area (Å²) in [6, 6.07) is 4.19. The molecule has 23 heavy (non-hydrogen) atoms. The van der Waals surface area contributed by atoms with E-state index in [-0.39, 0.29) is 11.5 Å². The molecule has 2 N–H and O–H groups in total. The molecule has 2 atom stereocenters. The SMILES string of the molecule is CCNC(=NCC1(C)CCCCC1O)N(C)Cc1cccn1C. The first kappa shape index (κ1) is 17.9. The molecule has 0 amide bonds. The Morgan fingerprint density at radius 3 is 2.91 bits per heavy atom. The van der Waals surface area contributed by atoms with E-state index in [1.165, 1.54) is 12.1 Å². The number of aliphatic imine (C=N–C) groups is 1. The summed E-state index contributed by atoms with van der Waals surface area (Å²) >= 11 is 0. The van der Waals surface area contributed by atoms with Crippen molar-refractivity contribution in [3.05, 3.63) is 24.0 Å². The Hall–Kier alpha value is -1.49. The molecule has 130 valence electrons. The molecule has 1 aromatic heterocycles. The lowest BCUT2D eigenvalue weighted by molar-refractivity contribution is 0.00705. The molecule has 0 aromatic carbocycles. The van der Waals surface area contributed by atoms with Gasteiger partial charge in [-0.25, -0.2) is 0 Å². The van der Waals surface area contributed by atoms with Gasteiger partial charge in [0.15, 0.2) is 5.96 Å². The molecule has 5 nitrogen and oxygen atoms in total. The lowest BCUT2D eigenvalue weighted by Gasteiger charge is -2.37. The van der Waals surface area contributed by atoms with Crippen molar-refractivity contribution in [2.75, 3.05) is 20.1 Å². The number of nitrogens with zero attached hydrogens (tertiary/aromatic N) is 3. The molecule has 0 saturated heterocycles. The third kappa shape index (κ3) is 4.50. The van der Waals surface area contributed by atoms with Crippen molar-refractivity contribution in [2.45, 2.75) is 52.2 Å². The average Bonchev–Trinajstić information content (AvgIpc) is 2.92. The van der Waals surface area contributed by atoms with Gasteiger partial charge in [-0.15, -0.1) is 0 Å². The second-order valence-corrected chi connectivity index (χ2v) is 7.05. The van der Waals surface area contributed by atoms with Crippen LogP contribution in [0.2, 0.25) is 0 Å². The minimum absolute atomic E-state index is 0.0925. The molecule has 1 heterocycles. The van der Waals surface area contributed by atoms with Crippen molar-refractivity contribution in [1.29, 1.82) is 0 Å². The lowest BCUT2D eigenvalue weighted by atomic mass is 9.73. The summed E-state index contributed by atoms with van der Waals surface area (Å²) in [5.41, 5.74) is 1.16. The molecule has 5 heteroatoms. The van der Waals surface area contributed by atoms with Crippen LogP contribution in [0.5, 0.6) is 0 Å². The topological polar surface area (TPSA) is 52.8 Å². The van der Waals surface area contributed by atoms with Crippen molar-refractivity contribution >= 4 is 5.96 Å². The van der Waals surface area contributed by atoms with Crippen LogP contribution in [0.25, 0.3) is 0 Å². The second-order valence-electron chi connectivity index (χ2n) is 7.05. The third-order valence-corrected chi connectivity index (χ3v) is 5.02. The van der Waals surface area contributed by atoms with Crippen LogP contribution in [-0.4, -0.2) is 46.8 Å². The molecule has 2 unspecified atom stereocenters. The summed E-state index contributed by atoms with van der Waals surface area (Å²) in [7, 11) is 4.13. The highest BCUT2D eigenvalue weighted by atomic mass is 16.3. The highest BCUT2D eigenvalue weighted by molar-refractivity contribution is 5.79. The number of aliphatic hydroxyl groups excluding tert-OH is 1. The van der Waals surface area contributed by atoms with Crippen LogP contribution in [0, 0.1) is 5.41 Å². The van der Waals surface area contributed by atoms with Crippen molar-refractivity contribution in [3.8, 4) is 0 Å². The van der Waals surface area contributed by atoms with E-state index in [2.05, 4.69) is 61.1 Å². The average molecular weight is 320 g/mol. The Labute approximate surface area is 140 Å². The number of rotatable bonds is 5. The van der Waals surface area contributed by atoms with E-state index in [9.17, 15) is 5.11 Å². The van der Waals surface area contributed by atoms with Gasteiger partial charge < -0.3 is 19.9 Å². The van der Waals surface area contributed by atoms with Crippen LogP contribution in [-0.2, 0) is 13.6 Å². The van der Waals surface area contributed by atoms with Crippen LogP contribution in [0.15, 0.2) is 23.3 Å². The number of hydrogen-bond donors (Lipinski definition) is 2. The quantitative estimate of drug-likeness (QED) is 0.647. The molecular formula is C18H32N4O. The van der Waals surface area contributed by atoms with Gasteiger partial charge in [-0.3, -0.25) is 4.99 Å².